The molecule has 2 aromatic rings. The molecule has 0 bridgehead atoms. The third kappa shape index (κ3) is 3.23. The Hall–Kier alpha value is -2.28. The topological polar surface area (TPSA) is 54.3 Å². The summed E-state index contributed by atoms with van der Waals surface area (Å²) in [5.41, 5.74) is 0.720. The van der Waals surface area contributed by atoms with Gasteiger partial charge in [0.05, 0.1) is 6.04 Å². The van der Waals surface area contributed by atoms with Crippen molar-refractivity contribution in [1.82, 2.24) is 24.6 Å². The molecule has 2 aliphatic heterocycles. The van der Waals surface area contributed by atoms with E-state index in [9.17, 15) is 9.18 Å². The molecule has 7 heteroatoms. The smallest absolute Gasteiger partial charge is 0.219 e. The van der Waals surface area contributed by atoms with Gasteiger partial charge in [-0.3, -0.25) is 9.69 Å². The molecular weight excluding hydrogens is 333 g/mol. The molecule has 1 atom stereocenters. The molecule has 0 saturated carbocycles. The Morgan fingerprint density at radius 1 is 1.19 bits per heavy atom. The van der Waals surface area contributed by atoms with Gasteiger partial charge in [0.1, 0.15) is 17.5 Å². The summed E-state index contributed by atoms with van der Waals surface area (Å²) in [6, 6.07) is 7.11. The molecule has 1 aromatic carbocycles. The molecule has 138 valence electrons. The van der Waals surface area contributed by atoms with Gasteiger partial charge >= 0.3 is 0 Å². The van der Waals surface area contributed by atoms with Crippen LogP contribution in [0.2, 0.25) is 0 Å². The molecular formula is C19H24FN5O. The van der Waals surface area contributed by atoms with Gasteiger partial charge in [-0.25, -0.2) is 4.39 Å². The summed E-state index contributed by atoms with van der Waals surface area (Å²) >= 11 is 0. The minimum Gasteiger partial charge on any atom is -0.341 e. The van der Waals surface area contributed by atoms with Crippen molar-refractivity contribution < 1.29 is 9.18 Å². The van der Waals surface area contributed by atoms with Crippen molar-refractivity contribution in [1.29, 1.82) is 0 Å². The van der Waals surface area contributed by atoms with Gasteiger partial charge in [-0.1, -0.05) is 18.2 Å². The molecule has 2 aliphatic rings. The van der Waals surface area contributed by atoms with E-state index in [-0.39, 0.29) is 17.8 Å². The standard InChI is InChI=1S/C19H24FN5O/c1-14(26)23-10-8-18-21-22-19(25(18)12-11-23)17-7-4-9-24(17)13-15-5-2-3-6-16(15)20/h2-3,5-6,17H,4,7-13H2,1H3/t17-/m0/s1. The van der Waals surface area contributed by atoms with E-state index < -0.39 is 0 Å². The van der Waals surface area contributed by atoms with Crippen LogP contribution in [0, 0.1) is 5.82 Å². The number of nitrogens with zero attached hydrogens (tertiary/aromatic N) is 5. The van der Waals surface area contributed by atoms with Crippen molar-refractivity contribution in [2.75, 3.05) is 19.6 Å². The first-order chi connectivity index (χ1) is 12.6. The molecule has 6 nitrogen and oxygen atoms in total. The van der Waals surface area contributed by atoms with E-state index in [2.05, 4.69) is 19.7 Å². The van der Waals surface area contributed by atoms with E-state index in [1.165, 1.54) is 6.07 Å². The molecule has 1 amide bonds. The first-order valence-corrected chi connectivity index (χ1v) is 9.28. The monoisotopic (exact) mass is 357 g/mol. The lowest BCUT2D eigenvalue weighted by molar-refractivity contribution is -0.128. The van der Waals surface area contributed by atoms with Crippen LogP contribution in [0.25, 0.3) is 0 Å². The molecule has 0 radical (unpaired) electrons. The number of rotatable bonds is 3. The Balaban J connectivity index is 1.55. The van der Waals surface area contributed by atoms with Gasteiger partial charge < -0.3 is 9.47 Å². The fourth-order valence-electron chi connectivity index (χ4n) is 4.06. The second kappa shape index (κ2) is 7.15. The van der Waals surface area contributed by atoms with Crippen molar-refractivity contribution in [2.45, 2.75) is 45.3 Å². The number of carbonyl (C=O) groups is 1. The molecule has 4 rings (SSSR count). The number of fused-ring (bicyclic) bond motifs is 1. The Kier molecular flexibility index (Phi) is 4.72. The highest BCUT2D eigenvalue weighted by atomic mass is 19.1. The maximum atomic E-state index is 14.1. The number of benzene rings is 1. The number of amides is 1. The predicted octanol–water partition coefficient (Wildman–Crippen LogP) is 2.16. The average Bonchev–Trinajstić information content (AvgIpc) is 3.17. The Labute approximate surface area is 152 Å². The second-order valence-electron chi connectivity index (χ2n) is 7.10. The summed E-state index contributed by atoms with van der Waals surface area (Å²) in [6.07, 6.45) is 2.80. The van der Waals surface area contributed by atoms with Crippen molar-refractivity contribution in [3.05, 3.63) is 47.3 Å². The van der Waals surface area contributed by atoms with E-state index in [4.69, 9.17) is 0 Å². The van der Waals surface area contributed by atoms with E-state index in [1.54, 1.807) is 13.0 Å². The fourth-order valence-corrected chi connectivity index (χ4v) is 4.06. The molecule has 1 aromatic heterocycles. The van der Waals surface area contributed by atoms with Gasteiger partial charge in [0.2, 0.25) is 5.91 Å². The summed E-state index contributed by atoms with van der Waals surface area (Å²) in [6.45, 7) is 5.23. The Morgan fingerprint density at radius 3 is 2.85 bits per heavy atom. The molecule has 0 spiro atoms. The summed E-state index contributed by atoms with van der Waals surface area (Å²) in [5.74, 6) is 1.85. The second-order valence-corrected chi connectivity index (χ2v) is 7.10. The van der Waals surface area contributed by atoms with E-state index in [0.29, 0.717) is 19.6 Å². The minimum atomic E-state index is -0.157. The van der Waals surface area contributed by atoms with Gasteiger partial charge in [-0.2, -0.15) is 0 Å². The number of aromatic nitrogens is 3. The lowest BCUT2D eigenvalue weighted by Gasteiger charge is -2.25. The average molecular weight is 357 g/mol. The van der Waals surface area contributed by atoms with Gasteiger partial charge in [0.25, 0.3) is 0 Å². The lowest BCUT2D eigenvalue weighted by Crippen LogP contribution is -2.32. The summed E-state index contributed by atoms with van der Waals surface area (Å²) in [4.78, 5) is 15.9. The van der Waals surface area contributed by atoms with Crippen molar-refractivity contribution in [2.24, 2.45) is 0 Å². The van der Waals surface area contributed by atoms with Crippen LogP contribution in [0.4, 0.5) is 4.39 Å². The van der Waals surface area contributed by atoms with Gasteiger partial charge in [-0.15, -0.1) is 10.2 Å². The molecule has 0 N–H and O–H groups in total. The van der Waals surface area contributed by atoms with Crippen LogP contribution in [-0.2, 0) is 24.3 Å². The Morgan fingerprint density at radius 2 is 2.04 bits per heavy atom. The summed E-state index contributed by atoms with van der Waals surface area (Å²) in [5, 5.41) is 8.87. The summed E-state index contributed by atoms with van der Waals surface area (Å²) in [7, 11) is 0. The maximum Gasteiger partial charge on any atom is 0.219 e. The molecule has 26 heavy (non-hydrogen) atoms. The summed E-state index contributed by atoms with van der Waals surface area (Å²) < 4.78 is 16.2. The zero-order valence-electron chi connectivity index (χ0n) is 15.1. The number of carbonyl (C=O) groups excluding carboxylic acids is 1. The first-order valence-electron chi connectivity index (χ1n) is 9.28. The number of likely N-dealkylation sites (tertiary alicyclic amines) is 1. The zero-order chi connectivity index (χ0) is 18.1. The normalized spacial score (nSPS) is 20.8. The van der Waals surface area contributed by atoms with Crippen LogP contribution in [0.15, 0.2) is 24.3 Å². The molecule has 3 heterocycles. The quantitative estimate of drug-likeness (QED) is 0.845. The van der Waals surface area contributed by atoms with Crippen molar-refractivity contribution >= 4 is 5.91 Å². The number of hydrogen-bond acceptors (Lipinski definition) is 4. The van der Waals surface area contributed by atoms with Gasteiger partial charge in [-0.05, 0) is 25.5 Å². The SMILES string of the molecule is CC(=O)N1CCc2nnc([C@@H]3CCCN3Cc3ccccc3F)n2CC1. The molecule has 0 unspecified atom stereocenters. The highest BCUT2D eigenvalue weighted by Gasteiger charge is 2.32. The maximum absolute atomic E-state index is 14.1. The van der Waals surface area contributed by atoms with Crippen LogP contribution in [-0.4, -0.2) is 50.1 Å². The lowest BCUT2D eigenvalue weighted by atomic mass is 10.1. The van der Waals surface area contributed by atoms with Gasteiger partial charge in [0, 0.05) is 45.1 Å². The molecule has 1 fully saturated rings. The number of halogens is 1. The minimum absolute atomic E-state index is 0.104. The van der Waals surface area contributed by atoms with E-state index in [0.717, 1.165) is 49.6 Å². The Bertz CT molecular complexity index is 805. The highest BCUT2D eigenvalue weighted by molar-refractivity contribution is 5.73. The van der Waals surface area contributed by atoms with Crippen LogP contribution in [0.5, 0.6) is 0 Å². The van der Waals surface area contributed by atoms with Crippen molar-refractivity contribution in [3.63, 3.8) is 0 Å². The highest BCUT2D eigenvalue weighted by Crippen LogP contribution is 2.33. The van der Waals surface area contributed by atoms with E-state index >= 15 is 0 Å². The number of hydrogen-bond donors (Lipinski definition) is 0. The van der Waals surface area contributed by atoms with Gasteiger partial charge in [0.15, 0.2) is 0 Å². The molecule has 1 saturated heterocycles. The van der Waals surface area contributed by atoms with Crippen LogP contribution < -0.4 is 0 Å². The zero-order valence-corrected chi connectivity index (χ0v) is 15.1. The van der Waals surface area contributed by atoms with E-state index in [1.807, 2.05) is 17.0 Å². The van der Waals surface area contributed by atoms with Crippen LogP contribution in [0.1, 0.15) is 43.0 Å². The largest absolute Gasteiger partial charge is 0.341 e. The fraction of sp³-hybridized carbons (Fsp3) is 0.526. The molecule has 0 aliphatic carbocycles. The third-order valence-electron chi connectivity index (χ3n) is 5.49. The first kappa shape index (κ1) is 17.1. The van der Waals surface area contributed by atoms with Crippen molar-refractivity contribution in [3.8, 4) is 0 Å². The predicted molar refractivity (Wildman–Crippen MR) is 94.8 cm³/mol. The van der Waals surface area contributed by atoms with Crippen LogP contribution in [0.3, 0.4) is 0 Å². The van der Waals surface area contributed by atoms with Crippen LogP contribution >= 0.6 is 0 Å². The third-order valence-corrected chi connectivity index (χ3v) is 5.49.